The molecule has 1 fully saturated rings. The third-order valence-corrected chi connectivity index (χ3v) is 3.23. The van der Waals surface area contributed by atoms with Crippen molar-refractivity contribution in [1.82, 2.24) is 4.98 Å². The normalized spacial score (nSPS) is 18.4. The Labute approximate surface area is 109 Å². The van der Waals surface area contributed by atoms with Crippen LogP contribution in [0.2, 0.25) is 0 Å². The quantitative estimate of drug-likeness (QED) is 0.761. The van der Waals surface area contributed by atoms with Crippen molar-refractivity contribution in [2.45, 2.75) is 32.1 Å². The molecule has 1 aliphatic carbocycles. The van der Waals surface area contributed by atoms with Crippen LogP contribution < -0.4 is 4.90 Å². The summed E-state index contributed by atoms with van der Waals surface area (Å²) in [6.07, 6.45) is 12.9. The largest absolute Gasteiger partial charge is 0.371 e. The van der Waals surface area contributed by atoms with E-state index < -0.39 is 0 Å². The molecule has 1 aromatic rings. The number of carbonyl (C=O) groups excluding carboxylic acids is 1. The first-order valence-electron chi connectivity index (χ1n) is 6.70. The van der Waals surface area contributed by atoms with Gasteiger partial charge in [-0.3, -0.25) is 9.78 Å². The maximum Gasteiger partial charge on any atom is 0.155 e. The van der Waals surface area contributed by atoms with Crippen LogP contribution in [0.15, 0.2) is 36.7 Å². The van der Waals surface area contributed by atoms with Gasteiger partial charge in [-0.15, -0.1) is 0 Å². The zero-order valence-corrected chi connectivity index (χ0v) is 10.7. The third-order valence-electron chi connectivity index (χ3n) is 3.23. The minimum absolute atomic E-state index is 0.284. The molecule has 0 saturated carbocycles. The van der Waals surface area contributed by atoms with Crippen molar-refractivity contribution in [2.24, 2.45) is 0 Å². The predicted octanol–water partition coefficient (Wildman–Crippen LogP) is 2.98. The Hall–Kier alpha value is -1.64. The highest BCUT2D eigenvalue weighted by atomic mass is 16.1. The minimum Gasteiger partial charge on any atom is -0.371 e. The number of ketones is 1. The average molecular weight is 244 g/mol. The van der Waals surface area contributed by atoms with E-state index in [1.54, 1.807) is 6.08 Å². The molecule has 2 aliphatic rings. The van der Waals surface area contributed by atoms with Crippen molar-refractivity contribution in [3.8, 4) is 0 Å². The molecule has 2 heterocycles. The van der Waals surface area contributed by atoms with Gasteiger partial charge in [0.2, 0.25) is 0 Å². The first-order valence-corrected chi connectivity index (χ1v) is 6.70. The SMILES string of the molecule is O=C1C=CCCC1.c1cc(N2CCCC2)ccn1. The second kappa shape index (κ2) is 6.94. The fourth-order valence-electron chi connectivity index (χ4n) is 2.22. The predicted molar refractivity (Wildman–Crippen MR) is 73.7 cm³/mol. The van der Waals surface area contributed by atoms with Gasteiger partial charge in [-0.05, 0) is 43.9 Å². The average Bonchev–Trinajstić information content (AvgIpc) is 2.95. The summed E-state index contributed by atoms with van der Waals surface area (Å²) < 4.78 is 0. The second-order valence-corrected chi connectivity index (χ2v) is 4.66. The number of carbonyl (C=O) groups is 1. The summed E-state index contributed by atoms with van der Waals surface area (Å²) in [5, 5.41) is 0. The molecular formula is C15H20N2O. The van der Waals surface area contributed by atoms with Crippen LogP contribution in [0.5, 0.6) is 0 Å². The Morgan fingerprint density at radius 1 is 1.06 bits per heavy atom. The number of hydrogen-bond acceptors (Lipinski definition) is 3. The molecule has 0 aromatic carbocycles. The molecule has 0 bridgehead atoms. The van der Waals surface area contributed by atoms with Crippen LogP contribution in [0.3, 0.4) is 0 Å². The van der Waals surface area contributed by atoms with E-state index in [2.05, 4.69) is 22.0 Å². The molecular weight excluding hydrogens is 224 g/mol. The van der Waals surface area contributed by atoms with E-state index in [0.717, 1.165) is 19.3 Å². The van der Waals surface area contributed by atoms with Crippen molar-refractivity contribution < 1.29 is 4.79 Å². The van der Waals surface area contributed by atoms with Crippen molar-refractivity contribution in [3.05, 3.63) is 36.7 Å². The molecule has 0 N–H and O–H groups in total. The van der Waals surface area contributed by atoms with E-state index in [-0.39, 0.29) is 5.78 Å². The lowest BCUT2D eigenvalue weighted by Crippen LogP contribution is -2.17. The molecule has 0 radical (unpaired) electrons. The van der Waals surface area contributed by atoms with Gasteiger partial charge in [-0.2, -0.15) is 0 Å². The fourth-order valence-corrected chi connectivity index (χ4v) is 2.22. The molecule has 0 atom stereocenters. The van der Waals surface area contributed by atoms with Crippen LogP contribution in [0, 0.1) is 0 Å². The standard InChI is InChI=1S/C9H12N2.C6H8O/c1-2-8-11(7-1)9-3-5-10-6-4-9;7-6-4-2-1-3-5-6/h3-6H,1-2,7-8H2;2,4H,1,3,5H2. The molecule has 3 heteroatoms. The van der Waals surface area contributed by atoms with Gasteiger partial charge in [0, 0.05) is 37.6 Å². The number of pyridine rings is 1. The molecule has 0 amide bonds. The fraction of sp³-hybridized carbons (Fsp3) is 0.467. The number of rotatable bonds is 1. The van der Waals surface area contributed by atoms with E-state index in [9.17, 15) is 4.79 Å². The summed E-state index contributed by atoms with van der Waals surface area (Å²) in [5.74, 6) is 0.284. The zero-order chi connectivity index (χ0) is 12.6. The van der Waals surface area contributed by atoms with Crippen molar-refractivity contribution in [3.63, 3.8) is 0 Å². The van der Waals surface area contributed by atoms with Gasteiger partial charge in [0.25, 0.3) is 0 Å². The maximum absolute atomic E-state index is 10.4. The Morgan fingerprint density at radius 2 is 1.78 bits per heavy atom. The van der Waals surface area contributed by atoms with Gasteiger partial charge in [0.1, 0.15) is 0 Å². The summed E-state index contributed by atoms with van der Waals surface area (Å²) in [4.78, 5) is 16.8. The molecule has 3 rings (SSSR count). The van der Waals surface area contributed by atoms with Gasteiger partial charge >= 0.3 is 0 Å². The summed E-state index contributed by atoms with van der Waals surface area (Å²) >= 11 is 0. The Balaban J connectivity index is 0.000000149. The van der Waals surface area contributed by atoms with Crippen LogP contribution in [0.4, 0.5) is 5.69 Å². The van der Waals surface area contributed by atoms with Gasteiger partial charge in [-0.25, -0.2) is 0 Å². The molecule has 96 valence electrons. The van der Waals surface area contributed by atoms with Crippen molar-refractivity contribution >= 4 is 11.5 Å². The summed E-state index contributed by atoms with van der Waals surface area (Å²) in [6.45, 7) is 2.42. The Kier molecular flexibility index (Phi) is 4.94. The van der Waals surface area contributed by atoms with E-state index >= 15 is 0 Å². The van der Waals surface area contributed by atoms with Gasteiger partial charge in [0.05, 0.1) is 0 Å². The summed E-state index contributed by atoms with van der Waals surface area (Å²) in [5.41, 5.74) is 1.32. The molecule has 0 spiro atoms. The smallest absolute Gasteiger partial charge is 0.155 e. The molecule has 1 saturated heterocycles. The number of allylic oxidation sites excluding steroid dienone is 2. The zero-order valence-electron chi connectivity index (χ0n) is 10.7. The van der Waals surface area contributed by atoms with Gasteiger partial charge < -0.3 is 4.90 Å². The molecule has 18 heavy (non-hydrogen) atoms. The maximum atomic E-state index is 10.4. The topological polar surface area (TPSA) is 33.2 Å². The van der Waals surface area contributed by atoms with Crippen LogP contribution in [-0.2, 0) is 4.79 Å². The molecule has 3 nitrogen and oxygen atoms in total. The third kappa shape index (κ3) is 3.99. The van der Waals surface area contributed by atoms with Gasteiger partial charge in [-0.1, -0.05) is 6.08 Å². The lowest BCUT2D eigenvalue weighted by Gasteiger charge is -2.16. The minimum atomic E-state index is 0.284. The Morgan fingerprint density at radius 3 is 2.28 bits per heavy atom. The van der Waals surface area contributed by atoms with E-state index in [4.69, 9.17) is 0 Å². The first kappa shape index (κ1) is 12.8. The highest BCUT2D eigenvalue weighted by Gasteiger charge is 2.10. The summed E-state index contributed by atoms with van der Waals surface area (Å²) in [7, 11) is 0. The van der Waals surface area contributed by atoms with Crippen LogP contribution >= 0.6 is 0 Å². The van der Waals surface area contributed by atoms with E-state index in [1.165, 1.54) is 31.6 Å². The Bertz CT molecular complexity index is 394. The van der Waals surface area contributed by atoms with Gasteiger partial charge in [0.15, 0.2) is 5.78 Å². The monoisotopic (exact) mass is 244 g/mol. The molecule has 1 aliphatic heterocycles. The number of aromatic nitrogens is 1. The lowest BCUT2D eigenvalue weighted by molar-refractivity contribution is -0.114. The van der Waals surface area contributed by atoms with E-state index in [0.29, 0.717) is 0 Å². The molecule has 0 unspecified atom stereocenters. The number of hydrogen-bond donors (Lipinski definition) is 0. The number of nitrogens with zero attached hydrogens (tertiary/aromatic N) is 2. The van der Waals surface area contributed by atoms with Crippen molar-refractivity contribution in [1.29, 1.82) is 0 Å². The highest BCUT2D eigenvalue weighted by Crippen LogP contribution is 2.17. The number of anilines is 1. The lowest BCUT2D eigenvalue weighted by atomic mass is 10.1. The molecule has 1 aromatic heterocycles. The second-order valence-electron chi connectivity index (χ2n) is 4.66. The van der Waals surface area contributed by atoms with Crippen LogP contribution in [0.25, 0.3) is 0 Å². The highest BCUT2D eigenvalue weighted by molar-refractivity contribution is 5.90. The van der Waals surface area contributed by atoms with E-state index in [1.807, 2.05) is 18.5 Å². The van der Waals surface area contributed by atoms with Crippen LogP contribution in [0.1, 0.15) is 32.1 Å². The van der Waals surface area contributed by atoms with Crippen molar-refractivity contribution in [2.75, 3.05) is 18.0 Å². The summed E-state index contributed by atoms with van der Waals surface area (Å²) in [6, 6.07) is 4.15. The van der Waals surface area contributed by atoms with Crippen LogP contribution in [-0.4, -0.2) is 23.9 Å². The first-order chi connectivity index (χ1) is 8.86.